The van der Waals surface area contributed by atoms with Gasteiger partial charge in [0.05, 0.1) is 16.3 Å². The molecule has 4 nitrogen and oxygen atoms in total. The molecule has 0 aliphatic rings. The Hall–Kier alpha value is -2.05. The van der Waals surface area contributed by atoms with Crippen molar-refractivity contribution in [1.82, 2.24) is 9.97 Å². The average molecular weight is 303 g/mol. The Morgan fingerprint density at radius 2 is 2.05 bits per heavy atom. The molecule has 1 atom stereocenters. The number of hydrogen-bond acceptors (Lipinski definition) is 5. The first-order valence-electron chi connectivity index (χ1n) is 6.56. The molecule has 0 amide bonds. The molecule has 0 aliphatic heterocycles. The second kappa shape index (κ2) is 5.75. The van der Waals surface area contributed by atoms with Crippen LogP contribution in [0.15, 0.2) is 36.7 Å². The second-order valence-corrected chi connectivity index (χ2v) is 5.84. The number of fused-ring (bicyclic) bond motifs is 1. The highest BCUT2D eigenvalue weighted by atomic mass is 32.1. The standard InChI is InChI=1S/C15H14FN3OS/c1-9(20)7-17-15-14-12(18-8-19-15)6-13(21-14)10-2-4-11(16)5-3-10/h2-6,8-9,20H,7H2,1H3,(H,17,18,19)/t9-/m0/s1. The van der Waals surface area contributed by atoms with E-state index in [1.54, 1.807) is 30.4 Å². The number of benzene rings is 1. The lowest BCUT2D eigenvalue weighted by Crippen LogP contribution is -2.16. The van der Waals surface area contributed by atoms with E-state index in [0.717, 1.165) is 20.7 Å². The van der Waals surface area contributed by atoms with E-state index >= 15 is 0 Å². The topological polar surface area (TPSA) is 58.0 Å². The normalized spacial score (nSPS) is 12.5. The predicted molar refractivity (Wildman–Crippen MR) is 83.0 cm³/mol. The minimum absolute atomic E-state index is 0.251. The molecule has 0 radical (unpaired) electrons. The third-order valence-electron chi connectivity index (χ3n) is 3.00. The molecular formula is C15H14FN3OS. The number of rotatable bonds is 4. The quantitative estimate of drug-likeness (QED) is 0.776. The molecule has 3 aromatic rings. The summed E-state index contributed by atoms with van der Waals surface area (Å²) < 4.78 is 13.9. The van der Waals surface area contributed by atoms with Gasteiger partial charge in [0.2, 0.25) is 0 Å². The SMILES string of the molecule is C[C@H](O)CNc1ncnc2cc(-c3ccc(F)cc3)sc12. The number of hydrogen-bond donors (Lipinski definition) is 2. The number of aliphatic hydroxyl groups excluding tert-OH is 1. The maximum atomic E-state index is 13.0. The highest BCUT2D eigenvalue weighted by molar-refractivity contribution is 7.22. The molecule has 0 spiro atoms. The zero-order chi connectivity index (χ0) is 14.8. The lowest BCUT2D eigenvalue weighted by Gasteiger charge is -2.07. The van der Waals surface area contributed by atoms with Crippen LogP contribution in [0.1, 0.15) is 6.92 Å². The van der Waals surface area contributed by atoms with Gasteiger partial charge in [0.25, 0.3) is 0 Å². The first-order valence-corrected chi connectivity index (χ1v) is 7.37. The van der Waals surface area contributed by atoms with Crippen LogP contribution in [-0.2, 0) is 0 Å². The van der Waals surface area contributed by atoms with Gasteiger partial charge in [0, 0.05) is 11.4 Å². The Labute approximate surface area is 125 Å². The van der Waals surface area contributed by atoms with Crippen molar-refractivity contribution in [3.05, 3.63) is 42.5 Å². The summed E-state index contributed by atoms with van der Waals surface area (Å²) in [7, 11) is 0. The van der Waals surface area contributed by atoms with E-state index in [4.69, 9.17) is 0 Å². The second-order valence-electron chi connectivity index (χ2n) is 4.78. The van der Waals surface area contributed by atoms with Gasteiger partial charge >= 0.3 is 0 Å². The lowest BCUT2D eigenvalue weighted by atomic mass is 10.2. The van der Waals surface area contributed by atoms with Gasteiger partial charge in [0.1, 0.15) is 18.0 Å². The van der Waals surface area contributed by atoms with Gasteiger partial charge in [-0.05, 0) is 30.7 Å². The predicted octanol–water partition coefficient (Wildman–Crippen LogP) is 3.29. The van der Waals surface area contributed by atoms with Gasteiger partial charge in [0.15, 0.2) is 0 Å². The molecule has 2 heterocycles. The van der Waals surface area contributed by atoms with Crippen LogP contribution in [-0.4, -0.2) is 27.7 Å². The fraction of sp³-hybridized carbons (Fsp3) is 0.200. The van der Waals surface area contributed by atoms with E-state index in [2.05, 4.69) is 15.3 Å². The molecular weight excluding hydrogens is 289 g/mol. The van der Waals surface area contributed by atoms with Crippen LogP contribution in [0.3, 0.4) is 0 Å². The van der Waals surface area contributed by atoms with Crippen molar-refractivity contribution >= 4 is 27.4 Å². The van der Waals surface area contributed by atoms with Crippen molar-refractivity contribution in [2.24, 2.45) is 0 Å². The maximum Gasteiger partial charge on any atom is 0.147 e. The summed E-state index contributed by atoms with van der Waals surface area (Å²) in [5.74, 6) is 0.457. The minimum Gasteiger partial charge on any atom is -0.392 e. The van der Waals surface area contributed by atoms with E-state index in [1.807, 2.05) is 6.07 Å². The van der Waals surface area contributed by atoms with Crippen LogP contribution in [0.4, 0.5) is 10.2 Å². The number of thiophene rings is 1. The van der Waals surface area contributed by atoms with E-state index in [0.29, 0.717) is 12.4 Å². The molecule has 108 valence electrons. The van der Waals surface area contributed by atoms with E-state index < -0.39 is 6.10 Å². The number of aromatic nitrogens is 2. The van der Waals surface area contributed by atoms with Crippen LogP contribution in [0.2, 0.25) is 0 Å². The third kappa shape index (κ3) is 3.01. The highest BCUT2D eigenvalue weighted by Gasteiger charge is 2.10. The fourth-order valence-corrected chi connectivity index (χ4v) is 3.06. The zero-order valence-electron chi connectivity index (χ0n) is 11.4. The average Bonchev–Trinajstić information content (AvgIpc) is 2.90. The molecule has 2 aromatic heterocycles. The molecule has 0 saturated heterocycles. The lowest BCUT2D eigenvalue weighted by molar-refractivity contribution is 0.208. The summed E-state index contributed by atoms with van der Waals surface area (Å²) in [4.78, 5) is 9.48. The summed E-state index contributed by atoms with van der Waals surface area (Å²) in [6.45, 7) is 2.14. The van der Waals surface area contributed by atoms with Crippen molar-refractivity contribution < 1.29 is 9.50 Å². The monoisotopic (exact) mass is 303 g/mol. The van der Waals surface area contributed by atoms with Crippen LogP contribution in [0.5, 0.6) is 0 Å². The Bertz CT molecular complexity index is 755. The molecule has 0 unspecified atom stereocenters. The van der Waals surface area contributed by atoms with Gasteiger partial charge in [-0.25, -0.2) is 14.4 Å². The van der Waals surface area contributed by atoms with Gasteiger partial charge in [-0.15, -0.1) is 11.3 Å². The van der Waals surface area contributed by atoms with Gasteiger partial charge in [-0.2, -0.15) is 0 Å². The van der Waals surface area contributed by atoms with E-state index in [9.17, 15) is 9.50 Å². The summed E-state index contributed by atoms with van der Waals surface area (Å²) in [6, 6.07) is 8.34. The summed E-state index contributed by atoms with van der Waals surface area (Å²) in [5, 5.41) is 12.5. The first-order chi connectivity index (χ1) is 10.1. The smallest absolute Gasteiger partial charge is 0.147 e. The Morgan fingerprint density at radius 1 is 1.29 bits per heavy atom. The Morgan fingerprint density at radius 3 is 2.76 bits per heavy atom. The summed E-state index contributed by atoms with van der Waals surface area (Å²) >= 11 is 1.54. The Kier molecular flexibility index (Phi) is 3.81. The molecule has 6 heteroatoms. The first kappa shape index (κ1) is 13.9. The molecule has 0 saturated carbocycles. The van der Waals surface area contributed by atoms with Gasteiger partial charge in [-0.3, -0.25) is 0 Å². The van der Waals surface area contributed by atoms with E-state index in [1.165, 1.54) is 18.5 Å². The van der Waals surface area contributed by atoms with Crippen molar-refractivity contribution in [3.63, 3.8) is 0 Å². The summed E-state index contributed by atoms with van der Waals surface area (Å²) in [6.07, 6.45) is 1.04. The van der Waals surface area contributed by atoms with Gasteiger partial charge < -0.3 is 10.4 Å². The van der Waals surface area contributed by atoms with Crippen molar-refractivity contribution in [2.45, 2.75) is 13.0 Å². The molecule has 2 N–H and O–H groups in total. The van der Waals surface area contributed by atoms with Crippen LogP contribution in [0, 0.1) is 5.82 Å². The molecule has 0 bridgehead atoms. The molecule has 0 fully saturated rings. The number of halogens is 1. The van der Waals surface area contributed by atoms with Gasteiger partial charge in [-0.1, -0.05) is 12.1 Å². The Balaban J connectivity index is 1.99. The highest BCUT2D eigenvalue weighted by Crippen LogP contribution is 2.35. The van der Waals surface area contributed by atoms with Crippen LogP contribution in [0.25, 0.3) is 20.7 Å². The van der Waals surface area contributed by atoms with Crippen molar-refractivity contribution in [1.29, 1.82) is 0 Å². The molecule has 1 aromatic carbocycles. The number of nitrogens with one attached hydrogen (secondary N) is 1. The largest absolute Gasteiger partial charge is 0.392 e. The maximum absolute atomic E-state index is 13.0. The minimum atomic E-state index is -0.452. The van der Waals surface area contributed by atoms with Crippen LogP contribution < -0.4 is 5.32 Å². The number of nitrogens with zero attached hydrogens (tertiary/aromatic N) is 2. The summed E-state index contributed by atoms with van der Waals surface area (Å²) in [5.41, 5.74) is 1.78. The van der Waals surface area contributed by atoms with E-state index in [-0.39, 0.29) is 5.82 Å². The van der Waals surface area contributed by atoms with Crippen molar-refractivity contribution in [2.75, 3.05) is 11.9 Å². The molecule has 21 heavy (non-hydrogen) atoms. The number of anilines is 1. The third-order valence-corrected chi connectivity index (χ3v) is 4.18. The zero-order valence-corrected chi connectivity index (χ0v) is 12.2. The molecule has 3 rings (SSSR count). The molecule has 0 aliphatic carbocycles. The van der Waals surface area contributed by atoms with Crippen LogP contribution >= 0.6 is 11.3 Å². The fourth-order valence-electron chi connectivity index (χ4n) is 1.98. The van der Waals surface area contributed by atoms with Crippen molar-refractivity contribution in [3.8, 4) is 10.4 Å². The number of aliphatic hydroxyl groups is 1.